The second kappa shape index (κ2) is 13.7. The lowest BCUT2D eigenvalue weighted by atomic mass is 10.1. The Kier molecular flexibility index (Phi) is 11.2. The van der Waals surface area contributed by atoms with Crippen LogP contribution in [0.25, 0.3) is 0 Å². The minimum atomic E-state index is -3.53. The van der Waals surface area contributed by atoms with E-state index in [1.54, 1.807) is 37.3 Å². The summed E-state index contributed by atoms with van der Waals surface area (Å²) in [5.74, 6) is -0.454. The van der Waals surface area contributed by atoms with E-state index < -0.39 is 16.1 Å². The second-order valence-electron chi connectivity index (χ2n) is 9.10. The van der Waals surface area contributed by atoms with E-state index in [-0.39, 0.29) is 37.4 Å². The first-order valence-corrected chi connectivity index (χ1v) is 14.6. The molecule has 2 amide bonds. The van der Waals surface area contributed by atoms with Gasteiger partial charge in [-0.15, -0.1) is 0 Å². The minimum Gasteiger partial charge on any atom is -0.352 e. The second-order valence-corrected chi connectivity index (χ2v) is 11.4. The van der Waals surface area contributed by atoms with Crippen LogP contribution in [0.4, 0.5) is 5.69 Å². The number of nitrogens with zero attached hydrogens (tertiary/aromatic N) is 2. The molecule has 198 valence electrons. The first-order valence-electron chi connectivity index (χ1n) is 12.4. The number of carbonyl (C=O) groups is 2. The molecule has 2 aromatic carbocycles. The van der Waals surface area contributed by atoms with E-state index >= 15 is 0 Å². The molecule has 2 atom stereocenters. The van der Waals surface area contributed by atoms with Crippen LogP contribution < -0.4 is 9.62 Å². The molecule has 0 radical (unpaired) electrons. The maximum absolute atomic E-state index is 13.3. The van der Waals surface area contributed by atoms with Crippen molar-refractivity contribution in [1.29, 1.82) is 0 Å². The average molecular weight is 536 g/mol. The van der Waals surface area contributed by atoms with Crippen LogP contribution in [-0.4, -0.2) is 50.0 Å². The number of rotatable bonds is 13. The van der Waals surface area contributed by atoms with Crippen LogP contribution in [0.1, 0.15) is 58.1 Å². The molecule has 0 bridgehead atoms. The van der Waals surface area contributed by atoms with Crippen LogP contribution in [0.15, 0.2) is 48.5 Å². The van der Waals surface area contributed by atoms with Gasteiger partial charge < -0.3 is 10.2 Å². The van der Waals surface area contributed by atoms with Gasteiger partial charge in [0.1, 0.15) is 6.04 Å². The van der Waals surface area contributed by atoms with Crippen LogP contribution in [-0.2, 0) is 32.6 Å². The van der Waals surface area contributed by atoms with Crippen molar-refractivity contribution in [2.45, 2.75) is 72.0 Å². The van der Waals surface area contributed by atoms with Gasteiger partial charge in [0.05, 0.1) is 11.9 Å². The molecule has 9 heteroatoms. The number of anilines is 1. The summed E-state index contributed by atoms with van der Waals surface area (Å²) in [6.45, 7) is 8.03. The number of benzene rings is 2. The maximum atomic E-state index is 13.3. The zero-order valence-electron chi connectivity index (χ0n) is 21.8. The fraction of sp³-hybridized carbons (Fsp3) is 0.481. The molecule has 7 nitrogen and oxygen atoms in total. The zero-order chi connectivity index (χ0) is 26.9. The van der Waals surface area contributed by atoms with Crippen molar-refractivity contribution in [3.05, 3.63) is 64.7 Å². The molecule has 0 saturated carbocycles. The Hall–Kier alpha value is -2.58. The highest BCUT2D eigenvalue weighted by Crippen LogP contribution is 2.21. The van der Waals surface area contributed by atoms with Gasteiger partial charge >= 0.3 is 0 Å². The molecule has 0 aliphatic heterocycles. The van der Waals surface area contributed by atoms with E-state index in [9.17, 15) is 18.0 Å². The van der Waals surface area contributed by atoms with Crippen LogP contribution in [0.2, 0.25) is 5.02 Å². The summed E-state index contributed by atoms with van der Waals surface area (Å²) in [4.78, 5) is 27.7. The van der Waals surface area contributed by atoms with Crippen molar-refractivity contribution >= 4 is 39.1 Å². The van der Waals surface area contributed by atoms with Crippen LogP contribution >= 0.6 is 11.6 Å². The minimum absolute atomic E-state index is 0.00881. The molecule has 0 heterocycles. The SMILES string of the molecule is CCc1ccc(N(CCCC(=O)N(Cc2cccc(Cl)c2)[C@H](C)C(=O)N[C@@H](C)CC)S(C)(=O)=O)cc1. The lowest BCUT2D eigenvalue weighted by Crippen LogP contribution is -2.49. The fourth-order valence-corrected chi connectivity index (χ4v) is 4.96. The van der Waals surface area contributed by atoms with E-state index in [0.29, 0.717) is 17.1 Å². The van der Waals surface area contributed by atoms with E-state index in [4.69, 9.17) is 11.6 Å². The highest BCUT2D eigenvalue weighted by molar-refractivity contribution is 7.92. The largest absolute Gasteiger partial charge is 0.352 e. The van der Waals surface area contributed by atoms with Crippen LogP contribution in [0.5, 0.6) is 0 Å². The number of hydrogen-bond donors (Lipinski definition) is 1. The number of carbonyl (C=O) groups excluding carboxylic acids is 2. The molecule has 2 rings (SSSR count). The van der Waals surface area contributed by atoms with Crippen molar-refractivity contribution in [3.8, 4) is 0 Å². The van der Waals surface area contributed by atoms with Gasteiger partial charge in [0.15, 0.2) is 0 Å². The van der Waals surface area contributed by atoms with Gasteiger partial charge in [-0.1, -0.05) is 49.7 Å². The number of nitrogens with one attached hydrogen (secondary N) is 1. The summed E-state index contributed by atoms with van der Waals surface area (Å²) in [7, 11) is -3.53. The molecule has 0 spiro atoms. The van der Waals surface area contributed by atoms with Crippen LogP contribution in [0.3, 0.4) is 0 Å². The highest BCUT2D eigenvalue weighted by Gasteiger charge is 2.27. The Bertz CT molecular complexity index is 1120. The summed E-state index contributed by atoms with van der Waals surface area (Å²) >= 11 is 6.13. The lowest BCUT2D eigenvalue weighted by molar-refractivity contribution is -0.140. The predicted octanol–water partition coefficient (Wildman–Crippen LogP) is 4.78. The first-order chi connectivity index (χ1) is 17.0. The first kappa shape index (κ1) is 29.6. The molecular formula is C27H38ClN3O4S. The fourth-order valence-electron chi connectivity index (χ4n) is 3.78. The quantitative estimate of drug-likeness (QED) is 0.400. The van der Waals surface area contributed by atoms with Gasteiger partial charge in [0.25, 0.3) is 0 Å². The summed E-state index contributed by atoms with van der Waals surface area (Å²) in [6.07, 6.45) is 3.21. The number of hydrogen-bond acceptors (Lipinski definition) is 4. The molecule has 1 N–H and O–H groups in total. The molecule has 0 aromatic heterocycles. The van der Waals surface area contributed by atoms with Gasteiger partial charge in [-0.2, -0.15) is 0 Å². The summed E-state index contributed by atoms with van der Waals surface area (Å²) in [6, 6.07) is 13.9. The highest BCUT2D eigenvalue weighted by atomic mass is 35.5. The summed E-state index contributed by atoms with van der Waals surface area (Å²) in [5.41, 5.74) is 2.50. The molecule has 0 unspecified atom stereocenters. The Morgan fingerprint density at radius 3 is 2.25 bits per heavy atom. The van der Waals surface area contributed by atoms with E-state index in [0.717, 1.165) is 30.2 Å². The normalized spacial score (nSPS) is 13.1. The molecule has 0 fully saturated rings. The number of amides is 2. The van der Waals surface area contributed by atoms with E-state index in [2.05, 4.69) is 5.32 Å². The van der Waals surface area contributed by atoms with Crippen molar-refractivity contribution < 1.29 is 18.0 Å². The third kappa shape index (κ3) is 8.82. The smallest absolute Gasteiger partial charge is 0.242 e. The number of halogens is 1. The van der Waals surface area contributed by atoms with Crippen molar-refractivity contribution in [3.63, 3.8) is 0 Å². The molecule has 36 heavy (non-hydrogen) atoms. The van der Waals surface area contributed by atoms with Crippen molar-refractivity contribution in [2.75, 3.05) is 17.1 Å². The van der Waals surface area contributed by atoms with Gasteiger partial charge in [-0.3, -0.25) is 13.9 Å². The lowest BCUT2D eigenvalue weighted by Gasteiger charge is -2.30. The average Bonchev–Trinajstić information content (AvgIpc) is 2.83. The Morgan fingerprint density at radius 1 is 1.03 bits per heavy atom. The standard InChI is InChI=1S/C27H38ClN3O4S/c1-6-20(3)29-27(33)21(4)30(19-23-10-8-11-24(28)18-23)26(32)12-9-17-31(36(5,34)35)25-15-13-22(7-2)14-16-25/h8,10-11,13-16,18,20-21H,6-7,9,12,17,19H2,1-5H3,(H,29,33)/t20-,21+/m0/s1. The molecular weight excluding hydrogens is 498 g/mol. The third-order valence-corrected chi connectivity index (χ3v) is 7.62. The Morgan fingerprint density at radius 2 is 1.69 bits per heavy atom. The van der Waals surface area contributed by atoms with E-state index in [1.807, 2.05) is 39.0 Å². The number of aryl methyl sites for hydroxylation is 1. The van der Waals surface area contributed by atoms with Crippen molar-refractivity contribution in [1.82, 2.24) is 10.2 Å². The van der Waals surface area contributed by atoms with E-state index in [1.165, 1.54) is 9.21 Å². The molecule has 2 aromatic rings. The van der Waals surface area contributed by atoms with Gasteiger partial charge in [-0.25, -0.2) is 8.42 Å². The maximum Gasteiger partial charge on any atom is 0.242 e. The van der Waals surface area contributed by atoms with Gasteiger partial charge in [-0.05, 0) is 68.5 Å². The Labute approximate surface area is 220 Å². The van der Waals surface area contributed by atoms with Crippen molar-refractivity contribution in [2.24, 2.45) is 0 Å². The monoisotopic (exact) mass is 535 g/mol. The molecule has 0 aliphatic rings. The zero-order valence-corrected chi connectivity index (χ0v) is 23.4. The topological polar surface area (TPSA) is 86.8 Å². The summed E-state index contributed by atoms with van der Waals surface area (Å²) < 4.78 is 26.2. The number of sulfonamides is 1. The Balaban J connectivity index is 2.17. The molecule has 0 aliphatic carbocycles. The molecule has 0 saturated heterocycles. The third-order valence-electron chi connectivity index (χ3n) is 6.20. The van der Waals surface area contributed by atoms with Crippen LogP contribution in [0, 0.1) is 0 Å². The predicted molar refractivity (Wildman–Crippen MR) is 147 cm³/mol. The van der Waals surface area contributed by atoms with Gasteiger partial charge in [0, 0.05) is 30.6 Å². The summed E-state index contributed by atoms with van der Waals surface area (Å²) in [5, 5.41) is 3.49. The van der Waals surface area contributed by atoms with Gasteiger partial charge in [0.2, 0.25) is 21.8 Å².